The Bertz CT molecular complexity index is 2510. The number of ether oxygens (including phenoxy) is 4. The Morgan fingerprint density at radius 2 is 0.559 bits per heavy atom. The summed E-state index contributed by atoms with van der Waals surface area (Å²) in [6.45, 7) is 4.43. The van der Waals surface area contributed by atoms with Gasteiger partial charge in [0.15, 0.2) is 12.2 Å². The maximum atomic E-state index is 13.1. The molecule has 0 aliphatic heterocycles. The van der Waals surface area contributed by atoms with Crippen LogP contribution >= 0.6 is 15.6 Å². The van der Waals surface area contributed by atoms with E-state index in [0.717, 1.165) is 186 Å². The van der Waals surface area contributed by atoms with Crippen LogP contribution in [0.25, 0.3) is 0 Å². The van der Waals surface area contributed by atoms with Crippen molar-refractivity contribution >= 4 is 39.5 Å². The first-order chi connectivity index (χ1) is 49.7. The molecule has 0 amide bonds. The molecular formula is C83H138O17P2. The predicted octanol–water partition coefficient (Wildman–Crippen LogP) is 22.7. The highest BCUT2D eigenvalue weighted by Crippen LogP contribution is 2.45. The smallest absolute Gasteiger partial charge is 0.462 e. The van der Waals surface area contributed by atoms with Crippen LogP contribution in [0.1, 0.15) is 297 Å². The van der Waals surface area contributed by atoms with Gasteiger partial charge in [-0.05, 0) is 141 Å². The van der Waals surface area contributed by atoms with Gasteiger partial charge in [0.05, 0.1) is 32.8 Å². The average molecular weight is 1470 g/mol. The molecule has 0 aromatic rings. The van der Waals surface area contributed by atoms with Crippen LogP contribution < -0.4 is 0 Å². The van der Waals surface area contributed by atoms with Crippen LogP contribution in [-0.4, -0.2) is 96.7 Å². The normalized spacial score (nSPS) is 14.7. The first-order valence-corrected chi connectivity index (χ1v) is 42.1. The van der Waals surface area contributed by atoms with Gasteiger partial charge in [0, 0.05) is 19.3 Å². The Balaban J connectivity index is 5.40. The number of allylic oxidation sites excluding steroid dienone is 23. The molecule has 0 aliphatic rings. The van der Waals surface area contributed by atoms with Crippen LogP contribution in [0.15, 0.2) is 146 Å². The molecule has 19 heteroatoms. The van der Waals surface area contributed by atoms with Gasteiger partial charge in [-0.25, -0.2) is 9.13 Å². The average Bonchev–Trinajstić information content (AvgIpc) is 0.936. The monoisotopic (exact) mass is 1470 g/mol. The zero-order valence-electron chi connectivity index (χ0n) is 63.5. The minimum atomic E-state index is -5.01. The lowest BCUT2D eigenvalue weighted by atomic mass is 10.1. The van der Waals surface area contributed by atoms with E-state index in [0.29, 0.717) is 25.7 Å². The third kappa shape index (κ3) is 73.3. The van der Waals surface area contributed by atoms with E-state index >= 15 is 0 Å². The maximum Gasteiger partial charge on any atom is 0.472 e. The summed E-state index contributed by atoms with van der Waals surface area (Å²) >= 11 is 0. The zero-order chi connectivity index (χ0) is 74.6. The Morgan fingerprint density at radius 1 is 0.294 bits per heavy atom. The van der Waals surface area contributed by atoms with E-state index in [4.69, 9.17) is 37.0 Å². The fraction of sp³-hybridized carbons (Fsp3) is 0.663. The number of aliphatic hydroxyl groups excluding tert-OH is 1. The van der Waals surface area contributed by atoms with Gasteiger partial charge < -0.3 is 33.8 Å². The van der Waals surface area contributed by atoms with Gasteiger partial charge in [0.1, 0.15) is 19.3 Å². The summed E-state index contributed by atoms with van der Waals surface area (Å²) < 4.78 is 68.3. The van der Waals surface area contributed by atoms with Crippen molar-refractivity contribution in [1.29, 1.82) is 0 Å². The van der Waals surface area contributed by atoms with E-state index in [9.17, 15) is 43.2 Å². The number of phosphoric ester groups is 2. The second kappa shape index (κ2) is 74.2. The second-order valence-corrected chi connectivity index (χ2v) is 28.5. The van der Waals surface area contributed by atoms with E-state index in [1.165, 1.54) is 32.1 Å². The van der Waals surface area contributed by atoms with Gasteiger partial charge >= 0.3 is 39.5 Å². The summed E-state index contributed by atoms with van der Waals surface area (Å²) in [5.74, 6) is -2.36. The Morgan fingerprint density at radius 3 is 0.912 bits per heavy atom. The molecule has 0 radical (unpaired) electrons. The lowest BCUT2D eigenvalue weighted by Crippen LogP contribution is -2.30. The van der Waals surface area contributed by atoms with Crippen molar-refractivity contribution in [3.63, 3.8) is 0 Å². The van der Waals surface area contributed by atoms with E-state index in [1.807, 2.05) is 12.2 Å². The molecule has 0 rings (SSSR count). The van der Waals surface area contributed by atoms with Crippen molar-refractivity contribution in [3.05, 3.63) is 146 Å². The molecule has 0 fully saturated rings. The molecule has 0 bridgehead atoms. The Labute approximate surface area is 617 Å². The Kier molecular flexibility index (Phi) is 70.5. The van der Waals surface area contributed by atoms with Gasteiger partial charge in [-0.15, -0.1) is 0 Å². The molecule has 0 aromatic carbocycles. The third-order valence-electron chi connectivity index (χ3n) is 15.8. The molecule has 17 nitrogen and oxygen atoms in total. The molecule has 0 spiro atoms. The molecule has 582 valence electrons. The van der Waals surface area contributed by atoms with Crippen LogP contribution in [0.3, 0.4) is 0 Å². The highest BCUT2D eigenvalue weighted by atomic mass is 31.2. The molecule has 102 heavy (non-hydrogen) atoms. The van der Waals surface area contributed by atoms with Crippen LogP contribution in [0.5, 0.6) is 0 Å². The Hall–Kier alpha value is -5.06. The van der Waals surface area contributed by atoms with Crippen molar-refractivity contribution < 1.29 is 80.2 Å². The quantitative estimate of drug-likeness (QED) is 0.0169. The maximum absolute atomic E-state index is 13.1. The number of unbranched alkanes of at least 4 members (excludes halogenated alkanes) is 23. The lowest BCUT2D eigenvalue weighted by molar-refractivity contribution is -0.161. The SMILES string of the molecule is CC/C=C\C/C=C\C/C=C\C/C=C\C/C=C\CC(=O)OC(COC(=O)CCCCCCCC/C=C\C/C=C\C/C=C\CCCCC)COP(=O)(O)OCC(O)COP(=O)(O)OCC(COC(=O)CCCCCCCCC/C=C\C/C=C\C/C=C\CC)OC(=O)CCCCCCC/C=C\CCCC. The fourth-order valence-corrected chi connectivity index (χ4v) is 11.5. The molecule has 0 aromatic heterocycles. The van der Waals surface area contributed by atoms with E-state index in [2.05, 4.69) is 149 Å². The number of hydrogen-bond acceptors (Lipinski definition) is 15. The van der Waals surface area contributed by atoms with Crippen LogP contribution in [0.2, 0.25) is 0 Å². The number of aliphatic hydroxyl groups is 1. The summed E-state index contributed by atoms with van der Waals surface area (Å²) in [5.41, 5.74) is 0. The summed E-state index contributed by atoms with van der Waals surface area (Å²) in [6, 6.07) is 0. The number of phosphoric acid groups is 2. The van der Waals surface area contributed by atoms with Crippen molar-refractivity contribution in [3.8, 4) is 0 Å². The zero-order valence-corrected chi connectivity index (χ0v) is 65.3. The summed E-state index contributed by atoms with van der Waals surface area (Å²) in [5, 5.41) is 10.6. The molecule has 5 atom stereocenters. The number of esters is 4. The first-order valence-electron chi connectivity index (χ1n) is 39.1. The first kappa shape index (κ1) is 96.9. The molecule has 5 unspecified atom stereocenters. The molecule has 3 N–H and O–H groups in total. The summed E-state index contributed by atoms with van der Waals surface area (Å²) in [7, 11) is -10.00. The summed E-state index contributed by atoms with van der Waals surface area (Å²) in [6.07, 6.45) is 84.4. The number of hydrogen-bond donors (Lipinski definition) is 3. The molecule has 0 saturated heterocycles. The minimum absolute atomic E-state index is 0.0760. The second-order valence-electron chi connectivity index (χ2n) is 25.5. The van der Waals surface area contributed by atoms with Gasteiger partial charge in [-0.3, -0.25) is 37.3 Å². The molecule has 0 heterocycles. The minimum Gasteiger partial charge on any atom is -0.462 e. The van der Waals surface area contributed by atoms with Crippen molar-refractivity contribution in [2.24, 2.45) is 0 Å². The topological polar surface area (TPSA) is 237 Å². The third-order valence-corrected chi connectivity index (χ3v) is 17.7. The van der Waals surface area contributed by atoms with Crippen molar-refractivity contribution in [2.75, 3.05) is 39.6 Å². The molecule has 0 aliphatic carbocycles. The van der Waals surface area contributed by atoms with E-state index in [1.54, 1.807) is 12.2 Å². The fourth-order valence-electron chi connectivity index (χ4n) is 9.89. The highest BCUT2D eigenvalue weighted by Gasteiger charge is 2.30. The lowest BCUT2D eigenvalue weighted by Gasteiger charge is -2.21. The predicted molar refractivity (Wildman–Crippen MR) is 417 cm³/mol. The number of rotatable bonds is 72. The summed E-state index contributed by atoms with van der Waals surface area (Å²) in [4.78, 5) is 72.8. The van der Waals surface area contributed by atoms with E-state index < -0.39 is 97.5 Å². The highest BCUT2D eigenvalue weighted by molar-refractivity contribution is 7.47. The van der Waals surface area contributed by atoms with E-state index in [-0.39, 0.29) is 25.7 Å². The van der Waals surface area contributed by atoms with Gasteiger partial charge in [0.25, 0.3) is 0 Å². The largest absolute Gasteiger partial charge is 0.472 e. The van der Waals surface area contributed by atoms with Gasteiger partial charge in [-0.2, -0.15) is 0 Å². The van der Waals surface area contributed by atoms with Gasteiger partial charge in [-0.1, -0.05) is 276 Å². The number of carbonyl (C=O) groups excluding carboxylic acids is 4. The standard InChI is InChI=1S/C83H138O17P2/c1-5-9-13-17-21-25-29-32-35-37-38-40-43-45-49-52-56-60-64-68-81(86)94-74-79(100-83(88)70-66-62-58-54-50-46-41-34-31-27-23-19-15-11-7-3)76-98-102(91,92)96-72-77(84)71-95-101(89,90)97-75-78(99-82(87)69-65-61-57-53-47-28-24-20-16-12-8-4)73-93-80(85)67-63-59-55-51-48-44-42-39-36-33-30-26-22-18-14-10-6-2/h10-11,14-15,20-27,32-36,38,40-41,50,54,62,66,77-79,84H,5-9,12-13,16-19,28-31,37,39,42-49,51-53,55-61,63-65,67-76H2,1-4H3,(H,89,90)(H,91,92)/b14-10-,15-11-,24-20-,25-21-,26-22-,27-23-,35-32-,36-33-,40-38-,41-34-,54-50-,66-62-. The number of carbonyl (C=O) groups is 4. The van der Waals surface area contributed by atoms with Crippen LogP contribution in [0.4, 0.5) is 0 Å². The molecule has 0 saturated carbocycles. The van der Waals surface area contributed by atoms with Crippen LogP contribution in [0, 0.1) is 0 Å². The van der Waals surface area contributed by atoms with Crippen molar-refractivity contribution in [2.45, 2.75) is 316 Å². The van der Waals surface area contributed by atoms with Crippen LogP contribution in [-0.2, 0) is 65.4 Å². The van der Waals surface area contributed by atoms with Crippen molar-refractivity contribution in [1.82, 2.24) is 0 Å². The van der Waals surface area contributed by atoms with Gasteiger partial charge in [0.2, 0.25) is 0 Å². The molecular weight excluding hydrogens is 1330 g/mol.